The lowest BCUT2D eigenvalue weighted by Gasteiger charge is -2.35. The second kappa shape index (κ2) is 9.49. The summed E-state index contributed by atoms with van der Waals surface area (Å²) in [5, 5.41) is 2.94. The minimum atomic E-state index is -3.88. The van der Waals surface area contributed by atoms with E-state index in [9.17, 15) is 13.2 Å². The van der Waals surface area contributed by atoms with E-state index in [2.05, 4.69) is 5.32 Å². The number of sulfonamides is 1. The second-order valence-electron chi connectivity index (χ2n) is 8.78. The zero-order valence-corrected chi connectivity index (χ0v) is 20.2. The Bertz CT molecular complexity index is 1450. The fourth-order valence-electron chi connectivity index (χ4n) is 4.42. The van der Waals surface area contributed by atoms with E-state index in [4.69, 9.17) is 0 Å². The Kier molecular flexibility index (Phi) is 6.24. The molecule has 35 heavy (non-hydrogen) atoms. The summed E-state index contributed by atoms with van der Waals surface area (Å²) in [7, 11) is -3.88. The van der Waals surface area contributed by atoms with E-state index in [1.54, 1.807) is 24.3 Å². The van der Waals surface area contributed by atoms with Crippen LogP contribution in [0.5, 0.6) is 0 Å². The number of aryl methyl sites for hydroxylation is 1. The van der Waals surface area contributed by atoms with E-state index >= 15 is 0 Å². The van der Waals surface area contributed by atoms with Crippen LogP contribution in [0.2, 0.25) is 0 Å². The minimum absolute atomic E-state index is 0.150. The fourth-order valence-corrected chi connectivity index (χ4v) is 5.99. The van der Waals surface area contributed by atoms with Crippen LogP contribution >= 0.6 is 0 Å². The van der Waals surface area contributed by atoms with Gasteiger partial charge in [0.15, 0.2) is 0 Å². The zero-order valence-electron chi connectivity index (χ0n) is 19.4. The van der Waals surface area contributed by atoms with Crippen LogP contribution in [0.15, 0.2) is 108 Å². The van der Waals surface area contributed by atoms with Crippen molar-refractivity contribution in [3.8, 4) is 11.1 Å². The first kappa shape index (κ1) is 23.0. The molecule has 0 saturated carbocycles. The molecule has 5 rings (SSSR count). The van der Waals surface area contributed by atoms with E-state index in [-0.39, 0.29) is 17.3 Å². The molecule has 0 spiro atoms. The second-order valence-corrected chi connectivity index (χ2v) is 10.7. The number of anilines is 1. The Morgan fingerprint density at radius 2 is 1.37 bits per heavy atom. The van der Waals surface area contributed by atoms with Crippen molar-refractivity contribution in [2.45, 2.75) is 30.8 Å². The third kappa shape index (κ3) is 4.76. The van der Waals surface area contributed by atoms with Gasteiger partial charge in [-0.3, -0.25) is 4.79 Å². The smallest absolute Gasteiger partial charge is 0.244 e. The number of nitrogens with one attached hydrogen (secondary N) is 1. The normalized spacial score (nSPS) is 15.9. The molecular weight excluding hydrogens is 456 g/mol. The van der Waals surface area contributed by atoms with Gasteiger partial charge >= 0.3 is 0 Å². The summed E-state index contributed by atoms with van der Waals surface area (Å²) in [4.78, 5) is 13.6. The molecular formula is C29H26N2O3S. The van der Waals surface area contributed by atoms with Gasteiger partial charge in [0.1, 0.15) is 6.04 Å². The minimum Gasteiger partial charge on any atom is -0.325 e. The molecule has 1 atom stereocenters. The van der Waals surface area contributed by atoms with Crippen molar-refractivity contribution < 1.29 is 13.2 Å². The van der Waals surface area contributed by atoms with Gasteiger partial charge in [0.05, 0.1) is 4.90 Å². The van der Waals surface area contributed by atoms with Crippen molar-refractivity contribution in [1.82, 2.24) is 4.31 Å². The average molecular weight is 483 g/mol. The van der Waals surface area contributed by atoms with Gasteiger partial charge < -0.3 is 5.32 Å². The van der Waals surface area contributed by atoms with Crippen molar-refractivity contribution in [1.29, 1.82) is 0 Å². The van der Waals surface area contributed by atoms with Gasteiger partial charge in [-0.15, -0.1) is 0 Å². The van der Waals surface area contributed by atoms with Gasteiger partial charge in [0, 0.05) is 12.2 Å². The van der Waals surface area contributed by atoms with Gasteiger partial charge in [-0.2, -0.15) is 4.31 Å². The highest BCUT2D eigenvalue weighted by Crippen LogP contribution is 2.30. The number of rotatable bonds is 5. The van der Waals surface area contributed by atoms with Crippen molar-refractivity contribution in [3.05, 3.63) is 120 Å². The van der Waals surface area contributed by atoms with E-state index in [0.29, 0.717) is 12.1 Å². The van der Waals surface area contributed by atoms with Crippen LogP contribution < -0.4 is 5.32 Å². The summed E-state index contributed by atoms with van der Waals surface area (Å²) < 4.78 is 28.6. The third-order valence-electron chi connectivity index (χ3n) is 6.40. The molecule has 1 aliphatic rings. The summed E-state index contributed by atoms with van der Waals surface area (Å²) in [6.45, 7) is 2.06. The van der Waals surface area contributed by atoms with Crippen LogP contribution in [0.3, 0.4) is 0 Å². The Labute approximate surface area is 206 Å². The molecule has 1 unspecified atom stereocenters. The zero-order chi connectivity index (χ0) is 24.4. The molecule has 0 aromatic heterocycles. The first-order chi connectivity index (χ1) is 16.9. The molecule has 0 bridgehead atoms. The average Bonchev–Trinajstić information content (AvgIpc) is 2.89. The summed E-state index contributed by atoms with van der Waals surface area (Å²) in [5.74, 6) is -0.345. The molecule has 1 heterocycles. The van der Waals surface area contributed by atoms with Gasteiger partial charge in [-0.25, -0.2) is 8.42 Å². The van der Waals surface area contributed by atoms with Crippen molar-refractivity contribution >= 4 is 21.6 Å². The molecule has 5 nitrogen and oxygen atoms in total. The molecule has 0 saturated heterocycles. The van der Waals surface area contributed by atoms with Crippen molar-refractivity contribution in [2.24, 2.45) is 0 Å². The summed E-state index contributed by atoms with van der Waals surface area (Å²) in [5.41, 5.74) is 5.63. The van der Waals surface area contributed by atoms with Crippen LogP contribution in [0.25, 0.3) is 11.1 Å². The molecule has 176 valence electrons. The lowest BCUT2D eigenvalue weighted by atomic mass is 9.95. The Morgan fingerprint density at radius 3 is 2.06 bits per heavy atom. The number of hydrogen-bond donors (Lipinski definition) is 1. The quantitative estimate of drug-likeness (QED) is 0.413. The van der Waals surface area contributed by atoms with Crippen LogP contribution in [-0.4, -0.2) is 24.7 Å². The predicted octanol–water partition coefficient (Wildman–Crippen LogP) is 5.42. The Morgan fingerprint density at radius 1 is 0.771 bits per heavy atom. The lowest BCUT2D eigenvalue weighted by Crippen LogP contribution is -2.50. The highest BCUT2D eigenvalue weighted by Gasteiger charge is 2.39. The topological polar surface area (TPSA) is 66.5 Å². The summed E-state index contributed by atoms with van der Waals surface area (Å²) in [6, 6.07) is 31.1. The molecule has 4 aromatic carbocycles. The molecule has 4 aromatic rings. The Balaban J connectivity index is 1.43. The van der Waals surface area contributed by atoms with E-state index in [0.717, 1.165) is 27.8 Å². The van der Waals surface area contributed by atoms with Gasteiger partial charge in [-0.1, -0.05) is 84.4 Å². The maximum Gasteiger partial charge on any atom is 0.244 e. The number of hydrogen-bond acceptors (Lipinski definition) is 3. The number of amides is 1. The third-order valence-corrected chi connectivity index (χ3v) is 8.26. The molecule has 6 heteroatoms. The molecule has 1 N–H and O–H groups in total. The number of carbonyl (C=O) groups excluding carboxylic acids is 1. The molecule has 0 aliphatic carbocycles. The maximum absolute atomic E-state index is 13.6. The molecule has 0 radical (unpaired) electrons. The van der Waals surface area contributed by atoms with Crippen LogP contribution in [0.1, 0.15) is 16.7 Å². The fraction of sp³-hybridized carbons (Fsp3) is 0.138. The standard InChI is InChI=1S/C29H26N2O3S/c1-21-11-17-27(18-12-21)35(33,34)31-20-25-10-6-5-9-24(25)19-28(31)29(32)30-26-15-13-23(14-16-26)22-7-3-2-4-8-22/h2-18,28H,19-20H2,1H3,(H,30,32). The molecule has 1 aliphatic heterocycles. The van der Waals surface area contributed by atoms with E-state index in [1.165, 1.54) is 4.31 Å². The van der Waals surface area contributed by atoms with Gasteiger partial charge in [0.25, 0.3) is 0 Å². The largest absolute Gasteiger partial charge is 0.325 e. The maximum atomic E-state index is 13.6. The monoisotopic (exact) mass is 482 g/mol. The molecule has 1 amide bonds. The highest BCUT2D eigenvalue weighted by atomic mass is 32.2. The first-order valence-corrected chi connectivity index (χ1v) is 13.0. The van der Waals surface area contributed by atoms with E-state index in [1.807, 2.05) is 85.8 Å². The van der Waals surface area contributed by atoms with E-state index < -0.39 is 16.1 Å². The van der Waals surface area contributed by atoms with Gasteiger partial charge in [-0.05, 0) is 59.9 Å². The number of benzene rings is 4. The summed E-state index contributed by atoms with van der Waals surface area (Å²) >= 11 is 0. The van der Waals surface area contributed by atoms with Gasteiger partial charge in [0.2, 0.25) is 15.9 Å². The predicted molar refractivity (Wildman–Crippen MR) is 138 cm³/mol. The first-order valence-electron chi connectivity index (χ1n) is 11.5. The Hall–Kier alpha value is -3.74. The molecule has 0 fully saturated rings. The van der Waals surface area contributed by atoms with Crippen LogP contribution in [0.4, 0.5) is 5.69 Å². The number of carbonyl (C=O) groups is 1. The van der Waals surface area contributed by atoms with Crippen LogP contribution in [-0.2, 0) is 27.8 Å². The number of fused-ring (bicyclic) bond motifs is 1. The van der Waals surface area contributed by atoms with Crippen LogP contribution in [0, 0.1) is 6.92 Å². The van der Waals surface area contributed by atoms with Crippen molar-refractivity contribution in [2.75, 3.05) is 5.32 Å². The summed E-state index contributed by atoms with van der Waals surface area (Å²) in [6.07, 6.45) is 0.315. The SMILES string of the molecule is Cc1ccc(S(=O)(=O)N2Cc3ccccc3CC2C(=O)Nc2ccc(-c3ccccc3)cc2)cc1. The lowest BCUT2D eigenvalue weighted by molar-refractivity contribution is -0.120. The highest BCUT2D eigenvalue weighted by molar-refractivity contribution is 7.89. The number of nitrogens with zero attached hydrogens (tertiary/aromatic N) is 1. The van der Waals surface area contributed by atoms with Crippen molar-refractivity contribution in [3.63, 3.8) is 0 Å².